The van der Waals surface area contributed by atoms with Crippen molar-refractivity contribution in [1.29, 1.82) is 0 Å². The molecule has 120 valence electrons. The molecule has 0 amide bonds. The molecule has 3 unspecified atom stereocenters. The lowest BCUT2D eigenvalue weighted by Gasteiger charge is -2.45. The van der Waals surface area contributed by atoms with Crippen LogP contribution in [0.4, 0.5) is 0 Å². The lowest BCUT2D eigenvalue weighted by atomic mass is 9.94. The van der Waals surface area contributed by atoms with Crippen molar-refractivity contribution in [2.45, 2.75) is 64.7 Å². The van der Waals surface area contributed by atoms with Crippen molar-refractivity contribution < 1.29 is 13.7 Å². The topological polar surface area (TPSA) is 35.5 Å². The quantitative estimate of drug-likeness (QED) is 0.716. The minimum atomic E-state index is -1.13. The number of rotatable bonds is 5. The number of hydrogen-bond donors (Lipinski definition) is 0. The van der Waals surface area contributed by atoms with E-state index < -0.39 is 10.3 Å². The van der Waals surface area contributed by atoms with Gasteiger partial charge in [0.05, 0.1) is 18.6 Å². The Kier molecular flexibility index (Phi) is 5.97. The monoisotopic (exact) mass is 304 g/mol. The largest absolute Gasteiger partial charge is 0.466 e. The van der Waals surface area contributed by atoms with Gasteiger partial charge in [-0.3, -0.25) is 4.79 Å². The molecule has 0 bridgehead atoms. The van der Waals surface area contributed by atoms with Crippen molar-refractivity contribution in [3.8, 4) is 0 Å². The third-order valence-corrected chi connectivity index (χ3v) is 8.32. The second kappa shape index (κ2) is 6.69. The molecule has 3 nitrogen and oxygen atoms in total. The summed E-state index contributed by atoms with van der Waals surface area (Å²) in [5.41, 5.74) is 0. The van der Waals surface area contributed by atoms with Gasteiger partial charge in [-0.05, 0) is 38.2 Å². The first-order valence-electron chi connectivity index (χ1n) is 7.70. The van der Waals surface area contributed by atoms with E-state index in [1.807, 2.05) is 6.92 Å². The molecule has 1 aliphatic rings. The van der Waals surface area contributed by atoms with Crippen LogP contribution in [0.1, 0.15) is 53.9 Å². The van der Waals surface area contributed by atoms with Crippen molar-refractivity contribution in [3.05, 3.63) is 0 Å². The Morgan fingerprint density at radius 3 is 2.25 bits per heavy atom. The van der Waals surface area contributed by atoms with Crippen LogP contribution in [-0.4, -0.2) is 35.9 Å². The van der Waals surface area contributed by atoms with Gasteiger partial charge in [-0.2, -0.15) is 0 Å². The molecule has 0 aromatic carbocycles. The Bertz CT molecular complexity index is 333. The number of carbonyl (C=O) groups excluding carboxylic acids is 1. The Hall–Kier alpha value is -0.220. The number of carbonyl (C=O) groups is 1. The average Bonchev–Trinajstić information content (AvgIpc) is 2.70. The summed E-state index contributed by atoms with van der Waals surface area (Å²) in [4.78, 5) is 12.1. The Balaban J connectivity index is 2.70. The summed E-state index contributed by atoms with van der Waals surface area (Å²) >= 11 is 0. The highest BCUT2D eigenvalue weighted by atomic mass is 32.3. The highest BCUT2D eigenvalue weighted by Gasteiger charge is 2.42. The minimum absolute atomic E-state index is 0.0279. The van der Waals surface area contributed by atoms with Gasteiger partial charge >= 0.3 is 5.97 Å². The molecule has 0 aromatic heterocycles. The van der Waals surface area contributed by atoms with Crippen molar-refractivity contribution >= 4 is 16.3 Å². The lowest BCUT2D eigenvalue weighted by Crippen LogP contribution is -2.28. The van der Waals surface area contributed by atoms with Crippen LogP contribution in [0, 0.1) is 11.8 Å². The highest BCUT2D eigenvalue weighted by Crippen LogP contribution is 2.56. The molecule has 1 aliphatic carbocycles. The van der Waals surface area contributed by atoms with Crippen LogP contribution in [0.25, 0.3) is 0 Å². The van der Waals surface area contributed by atoms with Gasteiger partial charge < -0.3 is 8.92 Å². The molecule has 0 aromatic rings. The molecule has 3 atom stereocenters. The summed E-state index contributed by atoms with van der Waals surface area (Å²) in [6, 6.07) is 0. The minimum Gasteiger partial charge on any atom is -0.466 e. The van der Waals surface area contributed by atoms with E-state index in [9.17, 15) is 4.79 Å². The lowest BCUT2D eigenvalue weighted by molar-refractivity contribution is -0.149. The molecule has 1 fully saturated rings. The molecule has 4 heteroatoms. The molecular weight excluding hydrogens is 272 g/mol. The van der Waals surface area contributed by atoms with Crippen LogP contribution in [-0.2, 0) is 13.7 Å². The second-order valence-corrected chi connectivity index (χ2v) is 10.9. The molecule has 0 spiro atoms. The predicted octanol–water partition coefficient (Wildman–Crippen LogP) is 4.15. The summed E-state index contributed by atoms with van der Waals surface area (Å²) in [5.74, 6) is 0.406. The first kappa shape index (κ1) is 17.8. The fourth-order valence-corrected chi connectivity index (χ4v) is 3.75. The number of ether oxygens (including phenoxy) is 1. The Morgan fingerprint density at radius 1 is 1.20 bits per heavy atom. The summed E-state index contributed by atoms with van der Waals surface area (Å²) in [5, 5.41) is 0. The van der Waals surface area contributed by atoms with Crippen LogP contribution < -0.4 is 0 Å². The first-order valence-corrected chi connectivity index (χ1v) is 10.1. The first-order chi connectivity index (χ1) is 9.12. The van der Waals surface area contributed by atoms with E-state index in [0.29, 0.717) is 12.5 Å². The van der Waals surface area contributed by atoms with Gasteiger partial charge in [0.15, 0.2) is 0 Å². The van der Waals surface area contributed by atoms with E-state index in [1.54, 1.807) is 0 Å². The fourth-order valence-electron chi connectivity index (χ4n) is 2.63. The molecule has 1 rings (SSSR count). The van der Waals surface area contributed by atoms with E-state index in [2.05, 4.69) is 40.2 Å². The molecule has 20 heavy (non-hydrogen) atoms. The zero-order chi connectivity index (χ0) is 15.6. The molecule has 1 saturated carbocycles. The van der Waals surface area contributed by atoms with Gasteiger partial charge in [-0.25, -0.2) is 0 Å². The molecule has 0 saturated heterocycles. The summed E-state index contributed by atoms with van der Waals surface area (Å²) in [7, 11) is -1.13. The van der Waals surface area contributed by atoms with Crippen molar-refractivity contribution in [2.75, 3.05) is 19.1 Å². The van der Waals surface area contributed by atoms with Crippen molar-refractivity contribution in [3.63, 3.8) is 0 Å². The zero-order valence-electron chi connectivity index (χ0n) is 14.2. The Labute approximate surface area is 126 Å². The SMILES string of the molecule is CCOC(=O)C1CC(OS(C)(C)C(C)(C)C)CC1CC. The van der Waals surface area contributed by atoms with E-state index in [1.165, 1.54) is 0 Å². The van der Waals surface area contributed by atoms with E-state index in [4.69, 9.17) is 8.92 Å². The van der Waals surface area contributed by atoms with Gasteiger partial charge in [0.25, 0.3) is 0 Å². The highest BCUT2D eigenvalue weighted by molar-refractivity contribution is 8.29. The van der Waals surface area contributed by atoms with Gasteiger partial charge in [0, 0.05) is 4.75 Å². The summed E-state index contributed by atoms with van der Waals surface area (Å²) in [6.07, 6.45) is 7.50. The second-order valence-electron chi connectivity index (χ2n) is 7.06. The third-order valence-electron chi connectivity index (χ3n) is 4.62. The van der Waals surface area contributed by atoms with Gasteiger partial charge in [-0.1, -0.05) is 34.1 Å². The molecule has 0 N–H and O–H groups in total. The predicted molar refractivity (Wildman–Crippen MR) is 87.2 cm³/mol. The van der Waals surface area contributed by atoms with Gasteiger partial charge in [0.1, 0.15) is 0 Å². The molecule has 0 radical (unpaired) electrons. The van der Waals surface area contributed by atoms with Crippen LogP contribution >= 0.6 is 10.3 Å². The van der Waals surface area contributed by atoms with E-state index in [0.717, 1.165) is 19.3 Å². The van der Waals surface area contributed by atoms with Crippen molar-refractivity contribution in [2.24, 2.45) is 11.8 Å². The Morgan fingerprint density at radius 2 is 1.80 bits per heavy atom. The van der Waals surface area contributed by atoms with Gasteiger partial charge in [0.2, 0.25) is 0 Å². The fraction of sp³-hybridized carbons (Fsp3) is 0.938. The normalized spacial score (nSPS) is 28.4. The smallest absolute Gasteiger partial charge is 0.309 e. The summed E-state index contributed by atoms with van der Waals surface area (Å²) < 4.78 is 11.8. The summed E-state index contributed by atoms with van der Waals surface area (Å²) in [6.45, 7) is 11.2. The molecular formula is C16H32O3S. The molecule has 0 aliphatic heterocycles. The zero-order valence-corrected chi connectivity index (χ0v) is 15.0. The van der Waals surface area contributed by atoms with E-state index >= 15 is 0 Å². The standard InChI is InChI=1S/C16H32O3S/c1-8-12-10-13(11-14(12)15(17)18-9-2)19-20(6,7)16(3,4)5/h12-14H,8-11H2,1-7H3. The van der Waals surface area contributed by atoms with E-state index in [-0.39, 0.29) is 22.7 Å². The van der Waals surface area contributed by atoms with Crippen LogP contribution in [0.15, 0.2) is 0 Å². The maximum Gasteiger partial charge on any atom is 0.309 e. The maximum atomic E-state index is 12.1. The number of hydrogen-bond acceptors (Lipinski definition) is 3. The van der Waals surface area contributed by atoms with Crippen molar-refractivity contribution in [1.82, 2.24) is 0 Å². The number of esters is 1. The van der Waals surface area contributed by atoms with Crippen LogP contribution in [0.3, 0.4) is 0 Å². The average molecular weight is 304 g/mol. The van der Waals surface area contributed by atoms with Crippen LogP contribution in [0.2, 0.25) is 0 Å². The van der Waals surface area contributed by atoms with Gasteiger partial charge in [-0.15, -0.1) is 10.3 Å². The maximum absolute atomic E-state index is 12.1. The van der Waals surface area contributed by atoms with Crippen LogP contribution in [0.5, 0.6) is 0 Å². The molecule has 0 heterocycles. The third kappa shape index (κ3) is 4.14.